The number of anilines is 1. The molecular formula is C13H17BrN2O. The van der Waals surface area contributed by atoms with Crippen LogP contribution in [-0.4, -0.2) is 30.4 Å². The highest BCUT2D eigenvalue weighted by Crippen LogP contribution is 2.23. The molecule has 1 saturated heterocycles. The van der Waals surface area contributed by atoms with Gasteiger partial charge in [0.15, 0.2) is 0 Å². The molecule has 1 aliphatic heterocycles. The fourth-order valence-corrected chi connectivity index (χ4v) is 2.57. The molecular weight excluding hydrogens is 280 g/mol. The van der Waals surface area contributed by atoms with Crippen molar-refractivity contribution in [1.82, 2.24) is 4.90 Å². The van der Waals surface area contributed by atoms with Crippen LogP contribution in [0.4, 0.5) is 5.69 Å². The first-order valence-electron chi connectivity index (χ1n) is 5.94. The predicted molar refractivity (Wildman–Crippen MR) is 73.0 cm³/mol. The van der Waals surface area contributed by atoms with Gasteiger partial charge in [0.1, 0.15) is 0 Å². The summed E-state index contributed by atoms with van der Waals surface area (Å²) in [6.45, 7) is 1.01. The minimum atomic E-state index is 0.0101. The molecule has 0 aliphatic carbocycles. The van der Waals surface area contributed by atoms with E-state index in [2.05, 4.69) is 26.1 Å². The molecule has 0 spiro atoms. The molecule has 4 heteroatoms. The Labute approximate surface area is 110 Å². The molecule has 1 N–H and O–H groups in total. The van der Waals surface area contributed by atoms with E-state index in [9.17, 15) is 4.79 Å². The first-order chi connectivity index (χ1) is 8.18. The topological polar surface area (TPSA) is 32.3 Å². The Hall–Kier alpha value is -0.870. The maximum atomic E-state index is 12.2. The minimum Gasteiger partial charge on any atom is -0.324 e. The van der Waals surface area contributed by atoms with Crippen LogP contribution < -0.4 is 5.32 Å². The number of benzene rings is 1. The van der Waals surface area contributed by atoms with Crippen molar-refractivity contribution in [2.24, 2.45) is 0 Å². The van der Waals surface area contributed by atoms with E-state index in [4.69, 9.17) is 0 Å². The number of rotatable bonds is 2. The van der Waals surface area contributed by atoms with Crippen LogP contribution in [0.15, 0.2) is 28.7 Å². The van der Waals surface area contributed by atoms with Gasteiger partial charge >= 0.3 is 0 Å². The van der Waals surface area contributed by atoms with E-state index >= 15 is 0 Å². The molecule has 0 bridgehead atoms. The van der Waals surface area contributed by atoms with E-state index in [0.717, 1.165) is 29.5 Å². The zero-order chi connectivity index (χ0) is 12.3. The standard InChI is InChI=1S/C13H17BrN2O/c1-16-9-5-4-8-12(16)13(17)15-11-7-3-2-6-10(11)14/h2-3,6-7,12H,4-5,8-9H2,1H3,(H,15,17). The predicted octanol–water partition coefficient (Wildman–Crippen LogP) is 2.87. The van der Waals surface area contributed by atoms with Crippen molar-refractivity contribution in [1.29, 1.82) is 0 Å². The van der Waals surface area contributed by atoms with Crippen molar-refractivity contribution >= 4 is 27.5 Å². The van der Waals surface area contributed by atoms with Gasteiger partial charge in [-0.1, -0.05) is 18.6 Å². The SMILES string of the molecule is CN1CCCCC1C(=O)Nc1ccccc1Br. The fourth-order valence-electron chi connectivity index (χ4n) is 2.18. The second kappa shape index (κ2) is 5.65. The number of likely N-dealkylation sites (tertiary alicyclic amines) is 1. The molecule has 1 amide bonds. The van der Waals surface area contributed by atoms with E-state index in [1.165, 1.54) is 6.42 Å². The van der Waals surface area contributed by atoms with Gasteiger partial charge < -0.3 is 5.32 Å². The van der Waals surface area contributed by atoms with E-state index in [1.807, 2.05) is 31.3 Å². The number of amides is 1. The van der Waals surface area contributed by atoms with Crippen LogP contribution in [0.1, 0.15) is 19.3 Å². The van der Waals surface area contributed by atoms with Crippen molar-refractivity contribution in [3.63, 3.8) is 0 Å². The van der Waals surface area contributed by atoms with E-state index in [0.29, 0.717) is 0 Å². The van der Waals surface area contributed by atoms with Gasteiger partial charge in [0.25, 0.3) is 0 Å². The lowest BCUT2D eigenvalue weighted by Gasteiger charge is -2.31. The Morgan fingerprint density at radius 3 is 2.88 bits per heavy atom. The van der Waals surface area contributed by atoms with Crippen LogP contribution >= 0.6 is 15.9 Å². The molecule has 1 unspecified atom stereocenters. The first-order valence-corrected chi connectivity index (χ1v) is 6.73. The van der Waals surface area contributed by atoms with Gasteiger partial charge in [-0.15, -0.1) is 0 Å². The van der Waals surface area contributed by atoms with Gasteiger partial charge in [0.05, 0.1) is 11.7 Å². The summed E-state index contributed by atoms with van der Waals surface area (Å²) in [5, 5.41) is 2.98. The molecule has 1 aromatic rings. The smallest absolute Gasteiger partial charge is 0.241 e. The Bertz CT molecular complexity index is 408. The lowest BCUT2D eigenvalue weighted by atomic mass is 10.0. The highest BCUT2D eigenvalue weighted by Gasteiger charge is 2.25. The highest BCUT2D eigenvalue weighted by molar-refractivity contribution is 9.10. The average molecular weight is 297 g/mol. The van der Waals surface area contributed by atoms with Crippen LogP contribution in [0.2, 0.25) is 0 Å². The lowest BCUT2D eigenvalue weighted by Crippen LogP contribution is -2.44. The third-order valence-electron chi connectivity index (χ3n) is 3.20. The molecule has 1 heterocycles. The van der Waals surface area contributed by atoms with E-state index < -0.39 is 0 Å². The molecule has 2 rings (SSSR count). The van der Waals surface area contributed by atoms with E-state index in [1.54, 1.807) is 0 Å². The maximum Gasteiger partial charge on any atom is 0.241 e. The zero-order valence-electron chi connectivity index (χ0n) is 9.95. The minimum absolute atomic E-state index is 0.0101. The Balaban J connectivity index is 2.03. The summed E-state index contributed by atoms with van der Waals surface area (Å²) in [4.78, 5) is 14.3. The Kier molecular flexibility index (Phi) is 4.18. The third kappa shape index (κ3) is 3.07. The summed E-state index contributed by atoms with van der Waals surface area (Å²) >= 11 is 3.44. The van der Waals surface area contributed by atoms with Crippen molar-refractivity contribution in [3.8, 4) is 0 Å². The largest absolute Gasteiger partial charge is 0.324 e. The highest BCUT2D eigenvalue weighted by atomic mass is 79.9. The molecule has 92 valence electrons. The Morgan fingerprint density at radius 1 is 1.41 bits per heavy atom. The number of para-hydroxylation sites is 1. The van der Waals surface area contributed by atoms with Gasteiger partial charge in [-0.2, -0.15) is 0 Å². The number of nitrogens with one attached hydrogen (secondary N) is 1. The fraction of sp³-hybridized carbons (Fsp3) is 0.462. The summed E-state index contributed by atoms with van der Waals surface area (Å²) in [7, 11) is 2.02. The number of hydrogen-bond acceptors (Lipinski definition) is 2. The van der Waals surface area contributed by atoms with Crippen molar-refractivity contribution in [2.75, 3.05) is 18.9 Å². The number of hydrogen-bond donors (Lipinski definition) is 1. The molecule has 1 aliphatic rings. The normalized spacial score (nSPS) is 21.2. The van der Waals surface area contributed by atoms with Crippen LogP contribution in [0.3, 0.4) is 0 Å². The van der Waals surface area contributed by atoms with Gasteiger partial charge in [0.2, 0.25) is 5.91 Å². The molecule has 0 aromatic heterocycles. The molecule has 3 nitrogen and oxygen atoms in total. The number of carbonyl (C=O) groups excluding carboxylic acids is 1. The quantitative estimate of drug-likeness (QED) is 0.910. The van der Waals surface area contributed by atoms with Gasteiger partial charge in [0, 0.05) is 4.47 Å². The summed E-state index contributed by atoms with van der Waals surface area (Å²) in [6, 6.07) is 7.71. The molecule has 0 saturated carbocycles. The number of nitrogens with zero attached hydrogens (tertiary/aromatic N) is 1. The van der Waals surface area contributed by atoms with Crippen LogP contribution in [-0.2, 0) is 4.79 Å². The molecule has 0 radical (unpaired) electrons. The monoisotopic (exact) mass is 296 g/mol. The first kappa shape index (κ1) is 12.6. The van der Waals surface area contributed by atoms with Gasteiger partial charge in [-0.3, -0.25) is 9.69 Å². The third-order valence-corrected chi connectivity index (χ3v) is 3.90. The summed E-state index contributed by atoms with van der Waals surface area (Å²) in [6.07, 6.45) is 3.28. The molecule has 1 atom stereocenters. The second-order valence-corrected chi connectivity index (χ2v) is 5.32. The maximum absolute atomic E-state index is 12.2. The van der Waals surface area contributed by atoms with Gasteiger partial charge in [-0.05, 0) is 54.5 Å². The second-order valence-electron chi connectivity index (χ2n) is 4.46. The van der Waals surface area contributed by atoms with Crippen molar-refractivity contribution in [3.05, 3.63) is 28.7 Å². The summed E-state index contributed by atoms with van der Waals surface area (Å²) < 4.78 is 0.923. The summed E-state index contributed by atoms with van der Waals surface area (Å²) in [5.74, 6) is 0.0964. The molecule has 1 aromatic carbocycles. The molecule has 17 heavy (non-hydrogen) atoms. The zero-order valence-corrected chi connectivity index (χ0v) is 11.5. The van der Waals surface area contributed by atoms with Crippen LogP contribution in [0.25, 0.3) is 0 Å². The van der Waals surface area contributed by atoms with Crippen LogP contribution in [0, 0.1) is 0 Å². The number of piperidine rings is 1. The van der Waals surface area contributed by atoms with Crippen molar-refractivity contribution < 1.29 is 4.79 Å². The number of likely N-dealkylation sites (N-methyl/N-ethyl adjacent to an activating group) is 1. The van der Waals surface area contributed by atoms with Crippen molar-refractivity contribution in [2.45, 2.75) is 25.3 Å². The molecule has 1 fully saturated rings. The summed E-state index contributed by atoms with van der Waals surface area (Å²) in [5.41, 5.74) is 0.844. The van der Waals surface area contributed by atoms with Crippen LogP contribution in [0.5, 0.6) is 0 Å². The number of halogens is 1. The lowest BCUT2D eigenvalue weighted by molar-refractivity contribution is -0.121. The van der Waals surface area contributed by atoms with Gasteiger partial charge in [-0.25, -0.2) is 0 Å². The Morgan fingerprint density at radius 2 is 2.18 bits per heavy atom. The number of carbonyl (C=O) groups is 1. The van der Waals surface area contributed by atoms with E-state index in [-0.39, 0.29) is 11.9 Å². The average Bonchev–Trinajstić information content (AvgIpc) is 2.32.